The number of benzene rings is 1. The predicted octanol–water partition coefficient (Wildman–Crippen LogP) is 1.93. The molecule has 1 aliphatic heterocycles. The highest BCUT2D eigenvalue weighted by Crippen LogP contribution is 2.15. The van der Waals surface area contributed by atoms with Crippen LogP contribution in [0, 0.1) is 0 Å². The highest BCUT2D eigenvalue weighted by Gasteiger charge is 2.09. The fourth-order valence-electron chi connectivity index (χ4n) is 2.25. The van der Waals surface area contributed by atoms with Gasteiger partial charge in [-0.2, -0.15) is 0 Å². The number of methoxy groups -OCH3 is 1. The standard InChI is InChI=1S/C15H23NO3/c1-17-13-19-15-6-2-4-14(12-15)5-3-7-16-8-10-18-11-9-16/h2,4,6,12H,3,5,7-11,13H2,1H3. The minimum atomic E-state index is 0.303. The molecule has 1 fully saturated rings. The van der Waals surface area contributed by atoms with E-state index in [0.29, 0.717) is 6.79 Å². The van der Waals surface area contributed by atoms with E-state index in [2.05, 4.69) is 17.0 Å². The van der Waals surface area contributed by atoms with Crippen LogP contribution in [0.15, 0.2) is 24.3 Å². The Kier molecular flexibility index (Phi) is 6.14. The van der Waals surface area contributed by atoms with Crippen molar-refractivity contribution < 1.29 is 14.2 Å². The molecule has 0 aliphatic carbocycles. The minimum Gasteiger partial charge on any atom is -0.468 e. The Morgan fingerprint density at radius 1 is 1.26 bits per heavy atom. The van der Waals surface area contributed by atoms with Gasteiger partial charge in [-0.15, -0.1) is 0 Å². The average Bonchev–Trinajstić information content (AvgIpc) is 2.47. The molecule has 0 aromatic heterocycles. The van der Waals surface area contributed by atoms with E-state index in [9.17, 15) is 0 Å². The van der Waals surface area contributed by atoms with Gasteiger partial charge in [0.05, 0.1) is 13.2 Å². The van der Waals surface area contributed by atoms with Crippen LogP contribution in [0.5, 0.6) is 5.75 Å². The van der Waals surface area contributed by atoms with E-state index in [4.69, 9.17) is 14.2 Å². The van der Waals surface area contributed by atoms with Crippen molar-refractivity contribution in [3.8, 4) is 5.75 Å². The molecule has 0 unspecified atom stereocenters. The van der Waals surface area contributed by atoms with Gasteiger partial charge in [-0.3, -0.25) is 4.90 Å². The lowest BCUT2D eigenvalue weighted by Crippen LogP contribution is -2.36. The van der Waals surface area contributed by atoms with Crippen LogP contribution >= 0.6 is 0 Å². The SMILES string of the molecule is COCOc1cccc(CCCN2CCOCC2)c1. The number of hydrogen-bond donors (Lipinski definition) is 0. The van der Waals surface area contributed by atoms with Crippen LogP contribution in [0.3, 0.4) is 0 Å². The summed E-state index contributed by atoms with van der Waals surface area (Å²) < 4.78 is 15.7. The van der Waals surface area contributed by atoms with Crippen molar-refractivity contribution in [3.63, 3.8) is 0 Å². The van der Waals surface area contributed by atoms with Gasteiger partial charge in [0, 0.05) is 20.2 Å². The van der Waals surface area contributed by atoms with Crippen LogP contribution in [-0.2, 0) is 15.9 Å². The van der Waals surface area contributed by atoms with Crippen molar-refractivity contribution >= 4 is 0 Å². The van der Waals surface area contributed by atoms with Gasteiger partial charge in [0.2, 0.25) is 0 Å². The zero-order valence-corrected chi connectivity index (χ0v) is 11.6. The molecule has 1 saturated heterocycles. The molecule has 2 rings (SSSR count). The summed E-state index contributed by atoms with van der Waals surface area (Å²) in [5, 5.41) is 0. The fraction of sp³-hybridized carbons (Fsp3) is 0.600. The zero-order valence-electron chi connectivity index (χ0n) is 11.6. The molecule has 0 spiro atoms. The van der Waals surface area contributed by atoms with E-state index in [-0.39, 0.29) is 0 Å². The van der Waals surface area contributed by atoms with Gasteiger partial charge in [0.1, 0.15) is 5.75 Å². The number of ether oxygens (including phenoxy) is 3. The first-order valence-electron chi connectivity index (χ1n) is 6.89. The molecule has 1 aromatic rings. The second-order valence-electron chi connectivity index (χ2n) is 4.76. The van der Waals surface area contributed by atoms with Crippen LogP contribution in [0.25, 0.3) is 0 Å². The molecule has 1 aromatic carbocycles. The summed E-state index contributed by atoms with van der Waals surface area (Å²) in [5.41, 5.74) is 1.32. The van der Waals surface area contributed by atoms with Crippen LogP contribution in [0.2, 0.25) is 0 Å². The predicted molar refractivity (Wildman–Crippen MR) is 74.5 cm³/mol. The fourth-order valence-corrected chi connectivity index (χ4v) is 2.25. The Morgan fingerprint density at radius 2 is 2.11 bits per heavy atom. The molecule has 1 heterocycles. The van der Waals surface area contributed by atoms with E-state index in [1.54, 1.807) is 7.11 Å². The molecule has 19 heavy (non-hydrogen) atoms. The molecule has 0 bridgehead atoms. The molecule has 0 atom stereocenters. The lowest BCUT2D eigenvalue weighted by molar-refractivity contribution is 0.0374. The maximum Gasteiger partial charge on any atom is 0.188 e. The second-order valence-corrected chi connectivity index (χ2v) is 4.76. The van der Waals surface area contributed by atoms with E-state index in [1.165, 1.54) is 12.0 Å². The lowest BCUT2D eigenvalue weighted by Gasteiger charge is -2.26. The average molecular weight is 265 g/mol. The molecule has 0 saturated carbocycles. The molecule has 0 amide bonds. The summed E-state index contributed by atoms with van der Waals surface area (Å²) in [6, 6.07) is 8.25. The van der Waals surface area contributed by atoms with E-state index in [1.807, 2.05) is 12.1 Å². The van der Waals surface area contributed by atoms with Gasteiger partial charge in [-0.05, 0) is 37.1 Å². The minimum absolute atomic E-state index is 0.303. The van der Waals surface area contributed by atoms with Crippen molar-refractivity contribution in [2.45, 2.75) is 12.8 Å². The first-order chi connectivity index (χ1) is 9.38. The molecule has 4 nitrogen and oxygen atoms in total. The molecule has 0 radical (unpaired) electrons. The smallest absolute Gasteiger partial charge is 0.188 e. The van der Waals surface area contributed by atoms with Crippen molar-refractivity contribution in [3.05, 3.63) is 29.8 Å². The number of rotatable bonds is 7. The van der Waals surface area contributed by atoms with Crippen LogP contribution in [-0.4, -0.2) is 51.7 Å². The van der Waals surface area contributed by atoms with Gasteiger partial charge >= 0.3 is 0 Å². The first kappa shape index (κ1) is 14.3. The number of morpholine rings is 1. The summed E-state index contributed by atoms with van der Waals surface area (Å²) in [6.07, 6.45) is 2.26. The number of aryl methyl sites for hydroxylation is 1. The van der Waals surface area contributed by atoms with Gasteiger partial charge < -0.3 is 14.2 Å². The van der Waals surface area contributed by atoms with Crippen molar-refractivity contribution in [1.82, 2.24) is 4.90 Å². The molecule has 106 valence electrons. The Hall–Kier alpha value is -1.10. The van der Waals surface area contributed by atoms with Crippen LogP contribution in [0.4, 0.5) is 0 Å². The maximum absolute atomic E-state index is 5.44. The highest BCUT2D eigenvalue weighted by atomic mass is 16.7. The lowest BCUT2D eigenvalue weighted by atomic mass is 10.1. The third-order valence-electron chi connectivity index (χ3n) is 3.29. The summed E-state index contributed by atoms with van der Waals surface area (Å²) in [5.74, 6) is 0.880. The van der Waals surface area contributed by atoms with E-state index < -0.39 is 0 Å². The van der Waals surface area contributed by atoms with Gasteiger partial charge in [0.25, 0.3) is 0 Å². The van der Waals surface area contributed by atoms with Gasteiger partial charge in [-0.1, -0.05) is 12.1 Å². The maximum atomic E-state index is 5.44. The Labute approximate surface area is 115 Å². The molecule has 4 heteroatoms. The Bertz CT molecular complexity index is 364. The van der Waals surface area contributed by atoms with E-state index >= 15 is 0 Å². The van der Waals surface area contributed by atoms with Crippen molar-refractivity contribution in [2.24, 2.45) is 0 Å². The number of nitrogens with zero attached hydrogens (tertiary/aromatic N) is 1. The normalized spacial score (nSPS) is 16.5. The summed E-state index contributed by atoms with van der Waals surface area (Å²) in [6.45, 7) is 5.33. The summed E-state index contributed by atoms with van der Waals surface area (Å²) in [4.78, 5) is 2.47. The Morgan fingerprint density at radius 3 is 2.89 bits per heavy atom. The quantitative estimate of drug-likeness (QED) is 0.705. The topological polar surface area (TPSA) is 30.9 Å². The second kappa shape index (κ2) is 8.15. The third-order valence-corrected chi connectivity index (χ3v) is 3.29. The van der Waals surface area contributed by atoms with Crippen molar-refractivity contribution in [1.29, 1.82) is 0 Å². The molecular weight excluding hydrogens is 242 g/mol. The summed E-state index contributed by atoms with van der Waals surface area (Å²) in [7, 11) is 1.63. The van der Waals surface area contributed by atoms with Crippen LogP contribution in [0.1, 0.15) is 12.0 Å². The van der Waals surface area contributed by atoms with Crippen molar-refractivity contribution in [2.75, 3.05) is 46.8 Å². The largest absolute Gasteiger partial charge is 0.468 e. The van der Waals surface area contributed by atoms with Gasteiger partial charge in [-0.25, -0.2) is 0 Å². The monoisotopic (exact) mass is 265 g/mol. The van der Waals surface area contributed by atoms with Crippen LogP contribution < -0.4 is 4.74 Å². The van der Waals surface area contributed by atoms with E-state index in [0.717, 1.165) is 45.0 Å². The highest BCUT2D eigenvalue weighted by molar-refractivity contribution is 5.28. The molecule has 0 N–H and O–H groups in total. The summed E-state index contributed by atoms with van der Waals surface area (Å²) >= 11 is 0. The number of hydrogen-bond acceptors (Lipinski definition) is 4. The zero-order chi connectivity index (χ0) is 13.3. The molecule has 1 aliphatic rings. The third kappa shape index (κ3) is 5.19. The van der Waals surface area contributed by atoms with Gasteiger partial charge in [0.15, 0.2) is 6.79 Å². The first-order valence-corrected chi connectivity index (χ1v) is 6.89. The Balaban J connectivity index is 1.72. The molecular formula is C15H23NO3.